The number of nitrogens with one attached hydrogen (secondary N) is 1. The van der Waals surface area contributed by atoms with Gasteiger partial charge in [0.2, 0.25) is 5.89 Å². The van der Waals surface area contributed by atoms with Crippen molar-refractivity contribution in [1.29, 1.82) is 0 Å². The third-order valence-corrected chi connectivity index (χ3v) is 3.37. The minimum Gasteiger partial charge on any atom is -0.439 e. The van der Waals surface area contributed by atoms with Crippen molar-refractivity contribution in [2.24, 2.45) is 0 Å². The highest BCUT2D eigenvalue weighted by molar-refractivity contribution is 5.72. The lowest BCUT2D eigenvalue weighted by atomic mass is 10.2. The number of para-hydroxylation sites is 2. The standard InChI is InChI=1S/C13H17N3O/c1-10(16-8-6-14-7-9-16)13-15-11-4-2-3-5-12(11)17-13/h2-5,10,14H,6-9H2,1H3/t10-/m1/s1. The molecular formula is C13H17N3O. The van der Waals surface area contributed by atoms with Gasteiger partial charge in [-0.2, -0.15) is 0 Å². The molecule has 4 heteroatoms. The van der Waals surface area contributed by atoms with E-state index in [9.17, 15) is 0 Å². The van der Waals surface area contributed by atoms with Crippen LogP contribution < -0.4 is 5.32 Å². The normalized spacial score (nSPS) is 19.6. The molecule has 1 aliphatic rings. The molecule has 2 heterocycles. The number of nitrogens with zero attached hydrogens (tertiary/aromatic N) is 2. The number of hydrogen-bond donors (Lipinski definition) is 1. The van der Waals surface area contributed by atoms with E-state index in [1.807, 2.05) is 24.3 Å². The maximum Gasteiger partial charge on any atom is 0.212 e. The van der Waals surface area contributed by atoms with Gasteiger partial charge < -0.3 is 9.73 Å². The van der Waals surface area contributed by atoms with Crippen LogP contribution in [0.25, 0.3) is 11.1 Å². The van der Waals surface area contributed by atoms with E-state index < -0.39 is 0 Å². The summed E-state index contributed by atoms with van der Waals surface area (Å²) >= 11 is 0. The largest absolute Gasteiger partial charge is 0.439 e. The SMILES string of the molecule is C[C@H](c1nc2ccccc2o1)N1CCNCC1. The zero-order valence-electron chi connectivity index (χ0n) is 10.0. The zero-order valence-corrected chi connectivity index (χ0v) is 10.0. The quantitative estimate of drug-likeness (QED) is 0.855. The minimum absolute atomic E-state index is 0.254. The van der Waals surface area contributed by atoms with Crippen molar-refractivity contribution in [3.8, 4) is 0 Å². The van der Waals surface area contributed by atoms with Gasteiger partial charge in [0.05, 0.1) is 6.04 Å². The Morgan fingerprint density at radius 3 is 2.82 bits per heavy atom. The summed E-state index contributed by atoms with van der Waals surface area (Å²) in [5.41, 5.74) is 1.83. The average Bonchev–Trinajstić information content (AvgIpc) is 2.82. The molecule has 0 aliphatic carbocycles. The molecule has 1 N–H and O–H groups in total. The van der Waals surface area contributed by atoms with E-state index in [0.717, 1.165) is 43.2 Å². The lowest BCUT2D eigenvalue weighted by molar-refractivity contribution is 0.164. The maximum atomic E-state index is 5.81. The lowest BCUT2D eigenvalue weighted by Crippen LogP contribution is -2.44. The number of hydrogen-bond acceptors (Lipinski definition) is 4. The number of oxazole rings is 1. The molecule has 2 aromatic rings. The molecular weight excluding hydrogens is 214 g/mol. The highest BCUT2D eigenvalue weighted by Crippen LogP contribution is 2.23. The molecule has 0 unspecified atom stereocenters. The Kier molecular flexibility index (Phi) is 2.82. The van der Waals surface area contributed by atoms with Crippen molar-refractivity contribution in [2.75, 3.05) is 26.2 Å². The monoisotopic (exact) mass is 231 g/mol. The first-order chi connectivity index (χ1) is 8.34. The van der Waals surface area contributed by atoms with Crippen molar-refractivity contribution in [3.05, 3.63) is 30.2 Å². The molecule has 4 nitrogen and oxygen atoms in total. The number of fused-ring (bicyclic) bond motifs is 1. The van der Waals surface area contributed by atoms with Crippen molar-refractivity contribution in [2.45, 2.75) is 13.0 Å². The Labute approximate surface area is 101 Å². The highest BCUT2D eigenvalue weighted by atomic mass is 16.3. The second-order valence-electron chi connectivity index (χ2n) is 4.48. The predicted molar refractivity (Wildman–Crippen MR) is 66.9 cm³/mol. The van der Waals surface area contributed by atoms with E-state index in [0.29, 0.717) is 0 Å². The molecule has 0 saturated carbocycles. The summed E-state index contributed by atoms with van der Waals surface area (Å²) in [5.74, 6) is 0.827. The van der Waals surface area contributed by atoms with Crippen molar-refractivity contribution >= 4 is 11.1 Å². The Morgan fingerprint density at radius 1 is 1.29 bits per heavy atom. The van der Waals surface area contributed by atoms with Gasteiger partial charge in [-0.15, -0.1) is 0 Å². The summed E-state index contributed by atoms with van der Waals surface area (Å²) in [6, 6.07) is 8.18. The van der Waals surface area contributed by atoms with Crippen LogP contribution in [-0.2, 0) is 0 Å². The summed E-state index contributed by atoms with van der Waals surface area (Å²) in [6.45, 7) is 6.37. The third kappa shape index (κ3) is 2.06. The first-order valence-corrected chi connectivity index (χ1v) is 6.15. The van der Waals surface area contributed by atoms with E-state index in [2.05, 4.69) is 22.1 Å². The summed E-state index contributed by atoms with van der Waals surface area (Å²) in [7, 11) is 0. The molecule has 3 rings (SSSR count). The fraction of sp³-hybridized carbons (Fsp3) is 0.462. The zero-order chi connectivity index (χ0) is 11.7. The fourth-order valence-electron chi connectivity index (χ4n) is 2.29. The van der Waals surface area contributed by atoms with Gasteiger partial charge in [-0.3, -0.25) is 4.90 Å². The second-order valence-corrected chi connectivity index (χ2v) is 4.48. The molecule has 1 aromatic carbocycles. The van der Waals surface area contributed by atoms with Crippen molar-refractivity contribution in [3.63, 3.8) is 0 Å². The average molecular weight is 231 g/mol. The van der Waals surface area contributed by atoms with Crippen LogP contribution in [0.4, 0.5) is 0 Å². The summed E-state index contributed by atoms with van der Waals surface area (Å²) in [6.07, 6.45) is 0. The van der Waals surface area contributed by atoms with E-state index >= 15 is 0 Å². The first-order valence-electron chi connectivity index (χ1n) is 6.15. The number of aromatic nitrogens is 1. The van der Waals surface area contributed by atoms with Gasteiger partial charge in [0.15, 0.2) is 5.58 Å². The van der Waals surface area contributed by atoms with E-state index in [-0.39, 0.29) is 6.04 Å². The van der Waals surface area contributed by atoms with Gasteiger partial charge in [0.1, 0.15) is 5.52 Å². The molecule has 90 valence electrons. The van der Waals surface area contributed by atoms with Crippen LogP contribution in [0, 0.1) is 0 Å². The molecule has 0 spiro atoms. The maximum absolute atomic E-state index is 5.81. The molecule has 0 bridgehead atoms. The molecule has 17 heavy (non-hydrogen) atoms. The summed E-state index contributed by atoms with van der Waals surface area (Å²) in [5, 5.41) is 3.35. The van der Waals surface area contributed by atoms with E-state index in [1.165, 1.54) is 0 Å². The summed E-state index contributed by atoms with van der Waals surface area (Å²) < 4.78 is 5.81. The Hall–Kier alpha value is -1.39. The van der Waals surface area contributed by atoms with E-state index in [4.69, 9.17) is 4.42 Å². The number of benzene rings is 1. The fourth-order valence-corrected chi connectivity index (χ4v) is 2.29. The van der Waals surface area contributed by atoms with Crippen LogP contribution in [0.1, 0.15) is 18.9 Å². The van der Waals surface area contributed by atoms with Gasteiger partial charge in [-0.05, 0) is 19.1 Å². The van der Waals surface area contributed by atoms with E-state index in [1.54, 1.807) is 0 Å². The second kappa shape index (κ2) is 4.47. The molecule has 1 fully saturated rings. The molecule has 1 aliphatic heterocycles. The Bertz CT molecular complexity index is 469. The third-order valence-electron chi connectivity index (χ3n) is 3.37. The molecule has 0 radical (unpaired) electrons. The first kappa shape index (κ1) is 10.7. The topological polar surface area (TPSA) is 41.3 Å². The van der Waals surface area contributed by atoms with Gasteiger partial charge >= 0.3 is 0 Å². The number of rotatable bonds is 2. The predicted octanol–water partition coefficient (Wildman–Crippen LogP) is 1.79. The van der Waals surface area contributed by atoms with Gasteiger partial charge in [0, 0.05) is 26.2 Å². The Balaban J connectivity index is 1.86. The van der Waals surface area contributed by atoms with Crippen LogP contribution in [0.5, 0.6) is 0 Å². The molecule has 1 atom stereocenters. The van der Waals surface area contributed by atoms with Gasteiger partial charge in [0.25, 0.3) is 0 Å². The number of piperazine rings is 1. The van der Waals surface area contributed by atoms with Gasteiger partial charge in [-0.1, -0.05) is 12.1 Å². The smallest absolute Gasteiger partial charge is 0.212 e. The lowest BCUT2D eigenvalue weighted by Gasteiger charge is -2.30. The Morgan fingerprint density at radius 2 is 2.06 bits per heavy atom. The van der Waals surface area contributed by atoms with Crippen LogP contribution in [-0.4, -0.2) is 36.1 Å². The van der Waals surface area contributed by atoms with Crippen LogP contribution in [0.3, 0.4) is 0 Å². The molecule has 0 amide bonds. The van der Waals surface area contributed by atoms with Crippen molar-refractivity contribution < 1.29 is 4.42 Å². The highest BCUT2D eigenvalue weighted by Gasteiger charge is 2.22. The van der Waals surface area contributed by atoms with Crippen LogP contribution >= 0.6 is 0 Å². The van der Waals surface area contributed by atoms with Crippen molar-refractivity contribution in [1.82, 2.24) is 15.2 Å². The van der Waals surface area contributed by atoms with Gasteiger partial charge in [-0.25, -0.2) is 4.98 Å². The molecule has 1 saturated heterocycles. The van der Waals surface area contributed by atoms with Crippen LogP contribution in [0.15, 0.2) is 28.7 Å². The molecule has 1 aromatic heterocycles. The summed E-state index contributed by atoms with van der Waals surface area (Å²) in [4.78, 5) is 6.96. The van der Waals surface area contributed by atoms with Crippen LogP contribution in [0.2, 0.25) is 0 Å². The minimum atomic E-state index is 0.254.